The normalized spacial score (nSPS) is 9.93. The molecule has 2 N–H and O–H groups in total. The zero-order chi connectivity index (χ0) is 19.6. The highest BCUT2D eigenvalue weighted by atomic mass is 16.6. The van der Waals surface area contributed by atoms with E-state index in [2.05, 4.69) is 10.6 Å². The molecule has 0 saturated heterocycles. The van der Waals surface area contributed by atoms with E-state index in [0.29, 0.717) is 5.69 Å². The van der Waals surface area contributed by atoms with Gasteiger partial charge >= 0.3 is 5.97 Å². The van der Waals surface area contributed by atoms with Gasteiger partial charge in [0.15, 0.2) is 6.61 Å². The van der Waals surface area contributed by atoms with Crippen LogP contribution in [0.4, 0.5) is 17.1 Å². The molecule has 0 atom stereocenters. The van der Waals surface area contributed by atoms with Crippen LogP contribution in [0.5, 0.6) is 0 Å². The second-order valence-corrected chi connectivity index (χ2v) is 5.43. The van der Waals surface area contributed by atoms with Crippen LogP contribution in [-0.2, 0) is 19.1 Å². The van der Waals surface area contributed by atoms with Crippen molar-refractivity contribution >= 4 is 34.8 Å². The monoisotopic (exact) mass is 371 g/mol. The molecule has 0 bridgehead atoms. The first kappa shape index (κ1) is 19.6. The standard InChI is InChI=1S/C18H17N3O6/c22-16(20-14-7-4-8-15(11-14)21(25)26)9-10-18(24)27-12-17(23)19-13-5-2-1-3-6-13/h1-8,11H,9-10,12H2,(H,19,23)(H,20,22). The predicted molar refractivity (Wildman–Crippen MR) is 97.0 cm³/mol. The average Bonchev–Trinajstić information content (AvgIpc) is 2.65. The molecule has 0 fully saturated rings. The van der Waals surface area contributed by atoms with Gasteiger partial charge in [0.1, 0.15) is 0 Å². The quantitative estimate of drug-likeness (QED) is 0.417. The third-order valence-electron chi connectivity index (χ3n) is 3.32. The van der Waals surface area contributed by atoms with Gasteiger partial charge in [-0.2, -0.15) is 0 Å². The first-order chi connectivity index (χ1) is 12.9. The van der Waals surface area contributed by atoms with Crippen molar-refractivity contribution in [3.63, 3.8) is 0 Å². The number of benzene rings is 2. The molecule has 140 valence electrons. The second kappa shape index (κ2) is 9.66. The van der Waals surface area contributed by atoms with Crippen molar-refractivity contribution in [2.75, 3.05) is 17.2 Å². The Bertz CT molecular complexity index is 838. The minimum atomic E-state index is -0.701. The summed E-state index contributed by atoms with van der Waals surface area (Å²) >= 11 is 0. The maximum absolute atomic E-state index is 11.8. The van der Waals surface area contributed by atoms with Gasteiger partial charge in [-0.3, -0.25) is 24.5 Å². The van der Waals surface area contributed by atoms with Crippen LogP contribution in [0.15, 0.2) is 54.6 Å². The predicted octanol–water partition coefficient (Wildman–Crippen LogP) is 2.50. The van der Waals surface area contributed by atoms with Crippen LogP contribution < -0.4 is 10.6 Å². The van der Waals surface area contributed by atoms with Crippen LogP contribution >= 0.6 is 0 Å². The molecule has 2 aromatic carbocycles. The van der Waals surface area contributed by atoms with E-state index in [1.807, 2.05) is 0 Å². The number of carbonyl (C=O) groups excluding carboxylic acids is 3. The number of amides is 2. The number of nitro groups is 1. The fraction of sp³-hybridized carbons (Fsp3) is 0.167. The first-order valence-corrected chi connectivity index (χ1v) is 7.99. The van der Waals surface area contributed by atoms with Gasteiger partial charge in [0.05, 0.1) is 11.3 Å². The molecular weight excluding hydrogens is 354 g/mol. The molecule has 0 aromatic heterocycles. The van der Waals surface area contributed by atoms with Gasteiger partial charge in [-0.25, -0.2) is 0 Å². The van der Waals surface area contributed by atoms with Crippen LogP contribution in [0.2, 0.25) is 0 Å². The Labute approximate surface area is 154 Å². The maximum Gasteiger partial charge on any atom is 0.306 e. The molecule has 0 unspecified atom stereocenters. The Morgan fingerprint density at radius 1 is 0.889 bits per heavy atom. The first-order valence-electron chi connectivity index (χ1n) is 7.99. The van der Waals surface area contributed by atoms with E-state index in [9.17, 15) is 24.5 Å². The molecule has 0 aliphatic carbocycles. The Morgan fingerprint density at radius 3 is 2.26 bits per heavy atom. The second-order valence-electron chi connectivity index (χ2n) is 5.43. The number of hydrogen-bond acceptors (Lipinski definition) is 6. The van der Waals surface area contributed by atoms with Gasteiger partial charge in [-0.15, -0.1) is 0 Å². The molecule has 9 nitrogen and oxygen atoms in total. The van der Waals surface area contributed by atoms with E-state index in [-0.39, 0.29) is 24.2 Å². The van der Waals surface area contributed by atoms with Crippen LogP contribution in [-0.4, -0.2) is 29.3 Å². The summed E-state index contributed by atoms with van der Waals surface area (Å²) in [5.74, 6) is -1.69. The zero-order valence-electron chi connectivity index (χ0n) is 14.2. The summed E-state index contributed by atoms with van der Waals surface area (Å²) in [4.78, 5) is 45.2. The lowest BCUT2D eigenvalue weighted by atomic mass is 10.2. The summed E-state index contributed by atoms with van der Waals surface area (Å²) in [6.45, 7) is -0.458. The molecule has 9 heteroatoms. The van der Waals surface area contributed by atoms with E-state index in [0.717, 1.165) is 0 Å². The maximum atomic E-state index is 11.8. The van der Waals surface area contributed by atoms with Crippen LogP contribution in [0.25, 0.3) is 0 Å². The molecule has 0 heterocycles. The van der Waals surface area contributed by atoms with Crippen molar-refractivity contribution in [2.45, 2.75) is 12.8 Å². The number of non-ortho nitro benzene ring substituents is 1. The summed E-state index contributed by atoms with van der Waals surface area (Å²) in [6, 6.07) is 14.1. The number of carbonyl (C=O) groups is 3. The van der Waals surface area contributed by atoms with Crippen LogP contribution in [0.3, 0.4) is 0 Å². The fourth-order valence-corrected chi connectivity index (χ4v) is 2.07. The summed E-state index contributed by atoms with van der Waals surface area (Å²) < 4.78 is 4.81. The van der Waals surface area contributed by atoms with E-state index in [1.54, 1.807) is 30.3 Å². The lowest BCUT2D eigenvalue weighted by Gasteiger charge is -2.07. The topological polar surface area (TPSA) is 128 Å². The van der Waals surface area contributed by atoms with Crippen molar-refractivity contribution < 1.29 is 24.0 Å². The van der Waals surface area contributed by atoms with Gasteiger partial charge in [0.25, 0.3) is 11.6 Å². The van der Waals surface area contributed by atoms with Gasteiger partial charge in [0.2, 0.25) is 5.91 Å². The van der Waals surface area contributed by atoms with E-state index >= 15 is 0 Å². The number of rotatable bonds is 8. The number of anilines is 2. The van der Waals surface area contributed by atoms with Gasteiger partial charge < -0.3 is 15.4 Å². The van der Waals surface area contributed by atoms with E-state index in [1.165, 1.54) is 24.3 Å². The molecule has 2 aromatic rings. The molecule has 27 heavy (non-hydrogen) atoms. The molecule has 2 rings (SSSR count). The summed E-state index contributed by atoms with van der Waals surface area (Å²) in [5.41, 5.74) is 0.677. The van der Waals surface area contributed by atoms with Gasteiger partial charge in [-0.1, -0.05) is 24.3 Å². The average molecular weight is 371 g/mol. The third-order valence-corrected chi connectivity index (χ3v) is 3.32. The van der Waals surface area contributed by atoms with Crippen molar-refractivity contribution in [1.82, 2.24) is 0 Å². The van der Waals surface area contributed by atoms with Crippen molar-refractivity contribution in [1.29, 1.82) is 0 Å². The number of hydrogen-bond donors (Lipinski definition) is 2. The van der Waals surface area contributed by atoms with Gasteiger partial charge in [0, 0.05) is 29.9 Å². The molecule has 0 aliphatic rings. The Kier molecular flexibility index (Phi) is 7.00. The lowest BCUT2D eigenvalue weighted by molar-refractivity contribution is -0.384. The Morgan fingerprint density at radius 2 is 1.56 bits per heavy atom. The third kappa shape index (κ3) is 6.94. The minimum absolute atomic E-state index is 0.156. The summed E-state index contributed by atoms with van der Waals surface area (Å²) in [6.07, 6.45) is -0.402. The number of para-hydroxylation sites is 1. The summed E-state index contributed by atoms with van der Waals surface area (Å²) in [7, 11) is 0. The smallest absolute Gasteiger partial charge is 0.306 e. The Hall–Kier alpha value is -3.75. The molecule has 0 radical (unpaired) electrons. The Balaban J connectivity index is 1.70. The van der Waals surface area contributed by atoms with Crippen LogP contribution in [0.1, 0.15) is 12.8 Å². The number of ether oxygens (including phenoxy) is 1. The number of nitrogens with one attached hydrogen (secondary N) is 2. The van der Waals surface area contributed by atoms with E-state index < -0.39 is 29.3 Å². The highest BCUT2D eigenvalue weighted by Crippen LogP contribution is 2.17. The SMILES string of the molecule is O=C(CCC(=O)OCC(=O)Nc1ccccc1)Nc1cccc([N+](=O)[O-])c1. The zero-order valence-corrected chi connectivity index (χ0v) is 14.2. The number of nitrogens with zero attached hydrogens (tertiary/aromatic N) is 1. The van der Waals surface area contributed by atoms with Crippen molar-refractivity contribution in [3.8, 4) is 0 Å². The number of nitro benzene ring substituents is 1. The molecular formula is C18H17N3O6. The van der Waals surface area contributed by atoms with Crippen LogP contribution in [0, 0.1) is 10.1 Å². The highest BCUT2D eigenvalue weighted by molar-refractivity contribution is 5.94. The molecule has 0 saturated carbocycles. The highest BCUT2D eigenvalue weighted by Gasteiger charge is 2.12. The summed E-state index contributed by atoms with van der Waals surface area (Å²) in [5, 5.41) is 15.7. The lowest BCUT2D eigenvalue weighted by Crippen LogP contribution is -2.21. The molecule has 0 aliphatic heterocycles. The molecule has 0 spiro atoms. The minimum Gasteiger partial charge on any atom is -0.456 e. The van der Waals surface area contributed by atoms with Gasteiger partial charge in [-0.05, 0) is 18.2 Å². The molecule has 2 amide bonds. The fourth-order valence-electron chi connectivity index (χ4n) is 2.07. The number of esters is 1. The van der Waals surface area contributed by atoms with Crippen molar-refractivity contribution in [2.24, 2.45) is 0 Å². The largest absolute Gasteiger partial charge is 0.456 e. The van der Waals surface area contributed by atoms with Crippen molar-refractivity contribution in [3.05, 3.63) is 64.7 Å². The van der Waals surface area contributed by atoms with E-state index in [4.69, 9.17) is 4.74 Å².